The first-order valence-electron chi connectivity index (χ1n) is 6.20. The van der Waals surface area contributed by atoms with Crippen LogP contribution in [0.5, 0.6) is 0 Å². The molecule has 0 radical (unpaired) electrons. The third-order valence-electron chi connectivity index (χ3n) is 3.14. The fourth-order valence-corrected chi connectivity index (χ4v) is 2.17. The molecule has 2 aromatic heterocycles. The Balaban J connectivity index is 1.72. The summed E-state index contributed by atoms with van der Waals surface area (Å²) in [5.74, 6) is 1.20. The first kappa shape index (κ1) is 11.8. The fraction of sp³-hybridized carbons (Fsp3) is 0.286. The Morgan fingerprint density at radius 2 is 2.26 bits per heavy atom. The van der Waals surface area contributed by atoms with Crippen LogP contribution in [0.15, 0.2) is 33.3 Å². The second-order valence-electron chi connectivity index (χ2n) is 4.49. The minimum atomic E-state index is -0.335. The summed E-state index contributed by atoms with van der Waals surface area (Å²) in [6.07, 6.45) is 3.57. The molecule has 0 aliphatic heterocycles. The van der Waals surface area contributed by atoms with E-state index in [-0.39, 0.29) is 17.5 Å². The molecule has 98 valence electrons. The number of aryl methyl sites for hydroxylation is 1. The van der Waals surface area contributed by atoms with Crippen molar-refractivity contribution in [3.05, 3.63) is 47.3 Å². The number of hydrogen-bond donors (Lipinski definition) is 1. The molecule has 1 aliphatic carbocycles. The van der Waals surface area contributed by atoms with Gasteiger partial charge in [0.2, 0.25) is 0 Å². The summed E-state index contributed by atoms with van der Waals surface area (Å²) in [5, 5.41) is 2.69. The topological polar surface area (TPSA) is 72.5 Å². The first-order chi connectivity index (χ1) is 9.24. The van der Waals surface area contributed by atoms with Gasteiger partial charge in [0.1, 0.15) is 11.5 Å². The van der Waals surface area contributed by atoms with Crippen LogP contribution in [-0.2, 0) is 13.0 Å². The smallest absolute Gasteiger partial charge is 0.287 e. The SMILES string of the molecule is O=C(NCc1ccco1)c1cc2c(o1)CCCC2=O. The zero-order valence-corrected chi connectivity index (χ0v) is 10.3. The Morgan fingerprint density at radius 1 is 1.37 bits per heavy atom. The van der Waals surface area contributed by atoms with E-state index in [1.165, 1.54) is 6.07 Å². The predicted octanol–water partition coefficient (Wildman–Crippen LogP) is 2.32. The summed E-state index contributed by atoms with van der Waals surface area (Å²) in [4.78, 5) is 23.6. The van der Waals surface area contributed by atoms with Crippen molar-refractivity contribution in [2.24, 2.45) is 0 Å². The summed E-state index contributed by atoms with van der Waals surface area (Å²) in [7, 11) is 0. The summed E-state index contributed by atoms with van der Waals surface area (Å²) in [6, 6.07) is 5.07. The molecule has 1 N–H and O–H groups in total. The fourth-order valence-electron chi connectivity index (χ4n) is 2.17. The van der Waals surface area contributed by atoms with Crippen molar-refractivity contribution in [1.82, 2.24) is 5.32 Å². The maximum absolute atomic E-state index is 11.9. The lowest BCUT2D eigenvalue weighted by Gasteiger charge is -2.06. The zero-order valence-electron chi connectivity index (χ0n) is 10.3. The van der Waals surface area contributed by atoms with Gasteiger partial charge in [-0.3, -0.25) is 9.59 Å². The summed E-state index contributed by atoms with van der Waals surface area (Å²) in [6.45, 7) is 0.297. The molecule has 0 saturated heterocycles. The van der Waals surface area contributed by atoms with Gasteiger partial charge in [-0.25, -0.2) is 0 Å². The van der Waals surface area contributed by atoms with E-state index in [9.17, 15) is 9.59 Å². The quantitative estimate of drug-likeness (QED) is 0.918. The molecule has 0 fully saturated rings. The van der Waals surface area contributed by atoms with Crippen molar-refractivity contribution >= 4 is 11.7 Å². The van der Waals surface area contributed by atoms with Crippen LogP contribution in [0.25, 0.3) is 0 Å². The molecule has 1 aliphatic rings. The van der Waals surface area contributed by atoms with Crippen molar-refractivity contribution in [3.8, 4) is 0 Å². The molecule has 0 aromatic carbocycles. The van der Waals surface area contributed by atoms with Crippen LogP contribution in [0.1, 0.15) is 45.3 Å². The van der Waals surface area contributed by atoms with E-state index in [0.29, 0.717) is 36.5 Å². The Hall–Kier alpha value is -2.30. The zero-order chi connectivity index (χ0) is 13.2. The maximum Gasteiger partial charge on any atom is 0.287 e. The van der Waals surface area contributed by atoms with E-state index in [2.05, 4.69) is 5.32 Å². The molecule has 2 heterocycles. The molecule has 2 aromatic rings. The van der Waals surface area contributed by atoms with E-state index in [0.717, 1.165) is 6.42 Å². The number of furan rings is 2. The van der Waals surface area contributed by atoms with Crippen molar-refractivity contribution in [1.29, 1.82) is 0 Å². The molecule has 5 heteroatoms. The summed E-state index contributed by atoms with van der Waals surface area (Å²) < 4.78 is 10.6. The number of nitrogens with one attached hydrogen (secondary N) is 1. The molecule has 1 amide bonds. The Labute approximate surface area is 109 Å². The number of hydrogen-bond acceptors (Lipinski definition) is 4. The van der Waals surface area contributed by atoms with E-state index >= 15 is 0 Å². The summed E-state index contributed by atoms with van der Waals surface area (Å²) >= 11 is 0. The lowest BCUT2D eigenvalue weighted by molar-refractivity contribution is 0.0915. The molecule has 19 heavy (non-hydrogen) atoms. The first-order valence-corrected chi connectivity index (χ1v) is 6.20. The van der Waals surface area contributed by atoms with Crippen LogP contribution in [-0.4, -0.2) is 11.7 Å². The number of carbonyl (C=O) groups excluding carboxylic acids is 2. The third-order valence-corrected chi connectivity index (χ3v) is 3.14. The highest BCUT2D eigenvalue weighted by Gasteiger charge is 2.24. The number of Topliss-reactive ketones (excluding diaryl/α,β-unsaturated/α-hetero) is 1. The van der Waals surface area contributed by atoms with Gasteiger partial charge in [-0.15, -0.1) is 0 Å². The largest absolute Gasteiger partial charge is 0.467 e. The molecular formula is C14H13NO4. The van der Waals surface area contributed by atoms with Crippen LogP contribution in [0.4, 0.5) is 0 Å². The molecule has 0 atom stereocenters. The molecule has 0 saturated carbocycles. The Kier molecular flexibility index (Phi) is 2.95. The molecular weight excluding hydrogens is 246 g/mol. The maximum atomic E-state index is 11.9. The van der Waals surface area contributed by atoms with E-state index in [4.69, 9.17) is 8.83 Å². The minimum absolute atomic E-state index is 0.0510. The predicted molar refractivity (Wildman–Crippen MR) is 65.9 cm³/mol. The molecule has 0 bridgehead atoms. The third kappa shape index (κ3) is 2.31. The van der Waals surface area contributed by atoms with Gasteiger partial charge < -0.3 is 14.2 Å². The van der Waals surface area contributed by atoms with Crippen LogP contribution in [0, 0.1) is 0 Å². The van der Waals surface area contributed by atoms with Crippen LogP contribution in [0.2, 0.25) is 0 Å². The lowest BCUT2D eigenvalue weighted by Crippen LogP contribution is -2.21. The number of fused-ring (bicyclic) bond motifs is 1. The molecule has 3 rings (SSSR count). The monoisotopic (exact) mass is 259 g/mol. The number of amides is 1. The van der Waals surface area contributed by atoms with Crippen LogP contribution in [0.3, 0.4) is 0 Å². The highest BCUT2D eigenvalue weighted by atomic mass is 16.4. The van der Waals surface area contributed by atoms with Gasteiger partial charge in [0, 0.05) is 18.9 Å². The van der Waals surface area contributed by atoms with Crippen LogP contribution >= 0.6 is 0 Å². The number of carbonyl (C=O) groups is 2. The van der Waals surface area contributed by atoms with Gasteiger partial charge in [0.05, 0.1) is 18.4 Å². The average molecular weight is 259 g/mol. The van der Waals surface area contributed by atoms with Crippen LogP contribution < -0.4 is 5.32 Å². The average Bonchev–Trinajstić information content (AvgIpc) is 3.05. The van der Waals surface area contributed by atoms with Gasteiger partial charge in [-0.1, -0.05) is 0 Å². The minimum Gasteiger partial charge on any atom is -0.467 e. The number of rotatable bonds is 3. The van der Waals surface area contributed by atoms with Gasteiger partial charge in [0.25, 0.3) is 5.91 Å². The van der Waals surface area contributed by atoms with Crippen molar-refractivity contribution in [2.75, 3.05) is 0 Å². The second kappa shape index (κ2) is 4.76. The van der Waals surface area contributed by atoms with Crippen molar-refractivity contribution < 1.29 is 18.4 Å². The molecule has 0 spiro atoms. The number of ketones is 1. The standard InChI is InChI=1S/C14H13NO4/c16-11-4-1-5-12-10(11)7-13(19-12)14(17)15-8-9-3-2-6-18-9/h2-3,6-7H,1,4-5,8H2,(H,15,17). The van der Waals surface area contributed by atoms with E-state index in [1.54, 1.807) is 18.4 Å². The summed E-state index contributed by atoms with van der Waals surface area (Å²) in [5.41, 5.74) is 0.550. The normalized spacial score (nSPS) is 14.2. The van der Waals surface area contributed by atoms with E-state index in [1.807, 2.05) is 0 Å². The molecule has 0 unspecified atom stereocenters. The highest BCUT2D eigenvalue weighted by molar-refractivity contribution is 6.01. The molecule has 5 nitrogen and oxygen atoms in total. The van der Waals surface area contributed by atoms with Crippen molar-refractivity contribution in [3.63, 3.8) is 0 Å². The van der Waals surface area contributed by atoms with Crippen molar-refractivity contribution in [2.45, 2.75) is 25.8 Å². The van der Waals surface area contributed by atoms with Gasteiger partial charge in [0.15, 0.2) is 11.5 Å². The van der Waals surface area contributed by atoms with E-state index < -0.39 is 0 Å². The Bertz CT molecular complexity index is 609. The van der Waals surface area contributed by atoms with Gasteiger partial charge >= 0.3 is 0 Å². The lowest BCUT2D eigenvalue weighted by atomic mass is 9.97. The van der Waals surface area contributed by atoms with Gasteiger partial charge in [-0.05, 0) is 18.6 Å². The Morgan fingerprint density at radius 3 is 3.00 bits per heavy atom. The second-order valence-corrected chi connectivity index (χ2v) is 4.49. The van der Waals surface area contributed by atoms with Gasteiger partial charge in [-0.2, -0.15) is 0 Å². The highest BCUT2D eigenvalue weighted by Crippen LogP contribution is 2.24.